The molecule has 4 rings (SSSR count). The summed E-state index contributed by atoms with van der Waals surface area (Å²) in [6.45, 7) is 3.17. The molecule has 0 unspecified atom stereocenters. The van der Waals surface area contributed by atoms with Crippen LogP contribution in [0.2, 0.25) is 0 Å². The fourth-order valence-electron chi connectivity index (χ4n) is 4.31. The fraction of sp³-hybridized carbons (Fsp3) is 0.500. The second-order valence-corrected chi connectivity index (χ2v) is 8.15. The molecule has 2 aliphatic rings. The monoisotopic (exact) mass is 385 g/mol. The molecule has 2 aromatic carbocycles. The van der Waals surface area contributed by atoms with Gasteiger partial charge in [-0.3, -0.25) is 4.79 Å². The zero-order valence-electron chi connectivity index (χ0n) is 16.2. The summed E-state index contributed by atoms with van der Waals surface area (Å²) in [6.07, 6.45) is -1.50. The summed E-state index contributed by atoms with van der Waals surface area (Å²) >= 11 is 0. The first-order chi connectivity index (χ1) is 13.3. The van der Waals surface area contributed by atoms with Gasteiger partial charge in [0.15, 0.2) is 12.1 Å². The number of hydrogen-bond acceptors (Lipinski definition) is 6. The highest BCUT2D eigenvalue weighted by atomic mass is 16.7. The van der Waals surface area contributed by atoms with Crippen molar-refractivity contribution in [2.45, 2.75) is 69.4 Å². The Morgan fingerprint density at radius 3 is 2.61 bits per heavy atom. The molecular formula is C22H27NO5. The number of fused-ring (bicyclic) bond motifs is 2. The molecule has 0 bridgehead atoms. The molecule has 0 spiro atoms. The predicted molar refractivity (Wildman–Crippen MR) is 105 cm³/mol. The quantitative estimate of drug-likeness (QED) is 0.747. The first-order valence-electron chi connectivity index (χ1n) is 9.76. The third-order valence-corrected chi connectivity index (χ3v) is 6.08. The maximum Gasteiger partial charge on any atom is 0.161 e. The lowest BCUT2D eigenvalue weighted by atomic mass is 9.76. The number of carbonyl (C=O) groups is 1. The van der Waals surface area contributed by atoms with Gasteiger partial charge in [-0.1, -0.05) is 30.3 Å². The zero-order valence-corrected chi connectivity index (χ0v) is 16.2. The van der Waals surface area contributed by atoms with Crippen LogP contribution < -0.4 is 5.73 Å². The van der Waals surface area contributed by atoms with E-state index in [9.17, 15) is 15.0 Å². The Balaban J connectivity index is 1.70. The van der Waals surface area contributed by atoms with Crippen molar-refractivity contribution in [1.29, 1.82) is 0 Å². The average molecular weight is 385 g/mol. The van der Waals surface area contributed by atoms with Crippen molar-refractivity contribution in [1.82, 2.24) is 0 Å². The highest BCUT2D eigenvalue weighted by Gasteiger charge is 2.44. The van der Waals surface area contributed by atoms with Gasteiger partial charge in [0.2, 0.25) is 0 Å². The van der Waals surface area contributed by atoms with Gasteiger partial charge >= 0.3 is 0 Å². The maximum absolute atomic E-state index is 12.2. The van der Waals surface area contributed by atoms with Gasteiger partial charge < -0.3 is 25.4 Å². The third-order valence-electron chi connectivity index (χ3n) is 6.08. The minimum absolute atomic E-state index is 0.166. The van der Waals surface area contributed by atoms with E-state index in [1.165, 1.54) is 6.92 Å². The first kappa shape index (κ1) is 19.5. The Kier molecular flexibility index (Phi) is 5.02. The van der Waals surface area contributed by atoms with Crippen molar-refractivity contribution in [2.24, 2.45) is 5.73 Å². The molecule has 0 aromatic heterocycles. The summed E-state index contributed by atoms with van der Waals surface area (Å²) in [4.78, 5) is 12.2. The van der Waals surface area contributed by atoms with Crippen molar-refractivity contribution >= 4 is 16.6 Å². The van der Waals surface area contributed by atoms with E-state index in [2.05, 4.69) is 6.07 Å². The van der Waals surface area contributed by atoms with Crippen LogP contribution in [0.4, 0.5) is 0 Å². The van der Waals surface area contributed by atoms with Crippen molar-refractivity contribution in [3.05, 3.63) is 47.5 Å². The predicted octanol–water partition coefficient (Wildman–Crippen LogP) is 1.99. The third kappa shape index (κ3) is 3.47. The van der Waals surface area contributed by atoms with Gasteiger partial charge in [-0.05, 0) is 41.8 Å². The lowest BCUT2D eigenvalue weighted by Gasteiger charge is -2.41. The molecule has 1 heterocycles. The van der Waals surface area contributed by atoms with Gasteiger partial charge in [-0.25, -0.2) is 0 Å². The van der Waals surface area contributed by atoms with Crippen LogP contribution in [0.15, 0.2) is 36.4 Å². The highest BCUT2D eigenvalue weighted by Crippen LogP contribution is 2.41. The second kappa shape index (κ2) is 7.21. The molecule has 1 aliphatic carbocycles. The molecule has 0 saturated carbocycles. The Bertz CT molecular complexity index is 888. The fourth-order valence-corrected chi connectivity index (χ4v) is 4.31. The lowest BCUT2D eigenvalue weighted by molar-refractivity contribution is -0.247. The van der Waals surface area contributed by atoms with Crippen LogP contribution in [0.25, 0.3) is 10.8 Å². The SMILES string of the molecule is CC(=O)[C@]1(O)Cc2cc3ccccc3cc2[C@@H](O[C@H]2C[C@H](N)[C@H](O)[C@H](C)O2)C1. The Hall–Kier alpha value is -1.83. The molecule has 1 aliphatic heterocycles. The lowest BCUT2D eigenvalue weighted by Crippen LogP contribution is -2.52. The van der Waals surface area contributed by atoms with Gasteiger partial charge in [0, 0.05) is 25.3 Å². The molecule has 0 amide bonds. The number of nitrogens with two attached hydrogens (primary N) is 1. The van der Waals surface area contributed by atoms with E-state index >= 15 is 0 Å². The van der Waals surface area contributed by atoms with Crippen molar-refractivity contribution in [2.75, 3.05) is 0 Å². The molecule has 0 radical (unpaired) electrons. The standard InChI is InChI=1S/C22H27NO5/c1-12-21(25)18(23)9-20(27-12)28-19-11-22(26,13(2)24)10-16-7-14-5-3-4-6-15(14)8-17(16)19/h3-8,12,18-21,25-26H,9-11,23H2,1-2H3/t12-,18-,19-,20-,21+,22-/m0/s1. The molecular weight excluding hydrogens is 358 g/mol. The highest BCUT2D eigenvalue weighted by molar-refractivity contribution is 5.88. The topological polar surface area (TPSA) is 102 Å². The van der Waals surface area contributed by atoms with E-state index in [0.29, 0.717) is 6.42 Å². The molecule has 6 atom stereocenters. The molecule has 1 saturated heterocycles. The summed E-state index contributed by atoms with van der Waals surface area (Å²) in [6, 6.07) is 11.6. The van der Waals surface area contributed by atoms with Crippen LogP contribution in [0, 0.1) is 0 Å². The zero-order chi connectivity index (χ0) is 20.1. The van der Waals surface area contributed by atoms with Gasteiger partial charge in [0.25, 0.3) is 0 Å². The number of benzene rings is 2. The van der Waals surface area contributed by atoms with Crippen LogP contribution in [-0.2, 0) is 20.7 Å². The van der Waals surface area contributed by atoms with Gasteiger partial charge in [0.05, 0.1) is 18.3 Å². The maximum atomic E-state index is 12.2. The van der Waals surface area contributed by atoms with Gasteiger partial charge in [-0.15, -0.1) is 0 Å². The Morgan fingerprint density at radius 2 is 1.96 bits per heavy atom. The van der Waals surface area contributed by atoms with Crippen molar-refractivity contribution in [3.63, 3.8) is 0 Å². The number of ether oxygens (including phenoxy) is 2. The Labute approximate surface area is 164 Å². The molecule has 6 heteroatoms. The van der Waals surface area contributed by atoms with Crippen LogP contribution in [0.5, 0.6) is 0 Å². The number of hydrogen-bond donors (Lipinski definition) is 3. The van der Waals surface area contributed by atoms with Crippen LogP contribution in [0.3, 0.4) is 0 Å². The van der Waals surface area contributed by atoms with E-state index < -0.39 is 36.2 Å². The smallest absolute Gasteiger partial charge is 0.161 e. The number of rotatable bonds is 3. The number of aliphatic hydroxyl groups excluding tert-OH is 1. The Morgan fingerprint density at radius 1 is 1.29 bits per heavy atom. The van der Waals surface area contributed by atoms with E-state index in [0.717, 1.165) is 21.9 Å². The van der Waals surface area contributed by atoms with Gasteiger partial charge in [0.1, 0.15) is 5.60 Å². The van der Waals surface area contributed by atoms with Crippen molar-refractivity contribution < 1.29 is 24.5 Å². The normalized spacial score (nSPS) is 35.5. The van der Waals surface area contributed by atoms with E-state index in [-0.39, 0.29) is 18.6 Å². The molecule has 28 heavy (non-hydrogen) atoms. The summed E-state index contributed by atoms with van der Waals surface area (Å²) in [7, 11) is 0. The van der Waals surface area contributed by atoms with Gasteiger partial charge in [-0.2, -0.15) is 0 Å². The summed E-state index contributed by atoms with van der Waals surface area (Å²) in [5.41, 5.74) is 6.41. The largest absolute Gasteiger partial charge is 0.389 e. The van der Waals surface area contributed by atoms with Crippen LogP contribution in [-0.4, -0.2) is 46.1 Å². The number of carbonyl (C=O) groups excluding carboxylic acids is 1. The summed E-state index contributed by atoms with van der Waals surface area (Å²) in [5.74, 6) is -0.273. The number of aliphatic hydroxyl groups is 2. The molecule has 150 valence electrons. The van der Waals surface area contributed by atoms with Crippen molar-refractivity contribution in [3.8, 4) is 0 Å². The van der Waals surface area contributed by atoms with E-state index in [4.69, 9.17) is 15.2 Å². The minimum Gasteiger partial charge on any atom is -0.389 e. The van der Waals surface area contributed by atoms with E-state index in [1.54, 1.807) is 6.92 Å². The second-order valence-electron chi connectivity index (χ2n) is 8.15. The van der Waals surface area contributed by atoms with Crippen LogP contribution >= 0.6 is 0 Å². The number of ketones is 1. The summed E-state index contributed by atoms with van der Waals surface area (Å²) in [5, 5.41) is 23.1. The van der Waals surface area contributed by atoms with Crippen LogP contribution in [0.1, 0.15) is 43.9 Å². The molecule has 2 aromatic rings. The molecule has 1 fully saturated rings. The average Bonchev–Trinajstić information content (AvgIpc) is 2.64. The minimum atomic E-state index is -1.47. The number of Topliss-reactive ketones (excluding diaryl/α,β-unsaturated/α-hetero) is 1. The van der Waals surface area contributed by atoms with E-state index in [1.807, 2.05) is 30.3 Å². The molecule has 4 N–H and O–H groups in total. The first-order valence-corrected chi connectivity index (χ1v) is 9.76. The summed E-state index contributed by atoms with van der Waals surface area (Å²) < 4.78 is 12.0. The molecule has 6 nitrogen and oxygen atoms in total.